The Morgan fingerprint density at radius 3 is 0.857 bits per heavy atom. The van der Waals surface area contributed by atoms with Gasteiger partial charge in [0.1, 0.15) is 0 Å². The van der Waals surface area contributed by atoms with Crippen LogP contribution >= 0.6 is 45.2 Å². The van der Waals surface area contributed by atoms with E-state index in [1.165, 1.54) is 0 Å². The first kappa shape index (κ1) is 24.7. The van der Waals surface area contributed by atoms with E-state index in [1.807, 2.05) is 27.7 Å². The zero-order valence-electron chi connectivity index (χ0n) is 10.5. The SMILES string of the molecule is CC.CC.[B]C(I)CC.[B]C(I)CC. The van der Waals surface area contributed by atoms with Gasteiger partial charge in [0.05, 0.1) is 15.7 Å². The Bertz CT molecular complexity index is 52.1. The maximum absolute atomic E-state index is 5.28. The summed E-state index contributed by atoms with van der Waals surface area (Å²) in [5, 5.41) is 0. The van der Waals surface area contributed by atoms with Crippen LogP contribution in [0.25, 0.3) is 0 Å². The fraction of sp³-hybridized carbons (Fsp3) is 1.00. The van der Waals surface area contributed by atoms with E-state index >= 15 is 0 Å². The maximum Gasteiger partial charge on any atom is 0.0842 e. The van der Waals surface area contributed by atoms with Gasteiger partial charge in [0.15, 0.2) is 0 Å². The summed E-state index contributed by atoms with van der Waals surface area (Å²) in [7, 11) is 10.6. The van der Waals surface area contributed by atoms with Gasteiger partial charge in [-0.1, -0.05) is 99.6 Å². The van der Waals surface area contributed by atoms with Crippen molar-refractivity contribution in [3.05, 3.63) is 0 Å². The van der Waals surface area contributed by atoms with Gasteiger partial charge >= 0.3 is 0 Å². The van der Waals surface area contributed by atoms with Crippen LogP contribution in [0.4, 0.5) is 0 Å². The highest BCUT2D eigenvalue weighted by Crippen LogP contribution is 1.96. The first-order chi connectivity index (χ1) is 6.54. The van der Waals surface area contributed by atoms with Crippen molar-refractivity contribution in [2.24, 2.45) is 0 Å². The Morgan fingerprint density at radius 1 is 0.786 bits per heavy atom. The van der Waals surface area contributed by atoms with Crippen molar-refractivity contribution in [3.8, 4) is 0 Å². The minimum absolute atomic E-state index is 0.354. The first-order valence-electron chi connectivity index (χ1n) is 5.33. The van der Waals surface area contributed by atoms with E-state index in [-0.39, 0.29) is 0 Å². The summed E-state index contributed by atoms with van der Waals surface area (Å²) in [6.45, 7) is 12.1. The van der Waals surface area contributed by atoms with E-state index < -0.39 is 0 Å². The zero-order valence-corrected chi connectivity index (χ0v) is 14.8. The summed E-state index contributed by atoms with van der Waals surface area (Å²) in [5.41, 5.74) is 0. The Balaban J connectivity index is -0.0000000528. The molecule has 0 aliphatic carbocycles. The molecule has 0 N–H and O–H groups in total. The van der Waals surface area contributed by atoms with E-state index in [0.717, 1.165) is 12.8 Å². The Kier molecular flexibility index (Phi) is 51.7. The van der Waals surface area contributed by atoms with Crippen LogP contribution in [0, 0.1) is 0 Å². The smallest absolute Gasteiger partial charge is 0.0842 e. The minimum Gasteiger partial charge on any atom is -0.0932 e. The van der Waals surface area contributed by atoms with Gasteiger partial charge in [-0.25, -0.2) is 0 Å². The standard InChI is InChI=1S/2C3H6BI.2C2H6/c2*1-2-3(4)5;2*1-2/h2*3H,2H2,1H3;2*1-2H3. The van der Waals surface area contributed by atoms with E-state index in [4.69, 9.17) is 15.7 Å². The molecule has 2 unspecified atom stereocenters. The molecule has 14 heavy (non-hydrogen) atoms. The lowest BCUT2D eigenvalue weighted by molar-refractivity contribution is 1.07. The first-order valence-corrected chi connectivity index (χ1v) is 7.83. The summed E-state index contributed by atoms with van der Waals surface area (Å²) in [4.78, 5) is 0. The van der Waals surface area contributed by atoms with Gasteiger partial charge < -0.3 is 0 Å². The fourth-order valence-electron chi connectivity index (χ4n) is 0. The summed E-state index contributed by atoms with van der Waals surface area (Å²) in [6, 6.07) is 0. The summed E-state index contributed by atoms with van der Waals surface area (Å²) in [5.74, 6) is 0. The van der Waals surface area contributed by atoms with Crippen LogP contribution < -0.4 is 0 Å². The lowest BCUT2D eigenvalue weighted by atomic mass is 10.0. The van der Waals surface area contributed by atoms with Gasteiger partial charge in [0, 0.05) is 0 Å². The Hall–Kier alpha value is 1.59. The molecule has 0 fully saturated rings. The molecular weight excluding hydrogens is 396 g/mol. The number of halogens is 2. The van der Waals surface area contributed by atoms with E-state index in [1.54, 1.807) is 0 Å². The molecule has 0 saturated heterocycles. The van der Waals surface area contributed by atoms with Crippen LogP contribution in [0.1, 0.15) is 54.4 Å². The molecule has 4 heteroatoms. The van der Waals surface area contributed by atoms with Crippen molar-refractivity contribution < 1.29 is 0 Å². The molecule has 0 rings (SSSR count). The van der Waals surface area contributed by atoms with Gasteiger partial charge in [-0.2, -0.15) is 0 Å². The minimum atomic E-state index is 0.354. The predicted octanol–water partition coefficient (Wildman–Crippen LogP) is 4.70. The van der Waals surface area contributed by atoms with Crippen LogP contribution in [0.5, 0.6) is 0 Å². The molecule has 2 atom stereocenters. The zero-order chi connectivity index (χ0) is 12.6. The molecule has 0 aromatic rings. The second-order valence-corrected chi connectivity index (χ2v) is 5.05. The monoisotopic (exact) mass is 420 g/mol. The van der Waals surface area contributed by atoms with Crippen LogP contribution in [0.3, 0.4) is 0 Å². The largest absolute Gasteiger partial charge is 0.0932 e. The number of hydrogen-bond donors (Lipinski definition) is 0. The number of hydrogen-bond acceptors (Lipinski definition) is 0. The molecule has 0 aromatic heterocycles. The average Bonchev–Trinajstić information content (AvgIpc) is 2.24. The highest BCUT2D eigenvalue weighted by atomic mass is 127. The Morgan fingerprint density at radius 2 is 0.857 bits per heavy atom. The van der Waals surface area contributed by atoms with E-state index in [2.05, 4.69) is 59.0 Å². The molecule has 0 spiro atoms. The number of rotatable bonds is 2. The van der Waals surface area contributed by atoms with Crippen LogP contribution in [0.15, 0.2) is 0 Å². The molecule has 0 aromatic carbocycles. The van der Waals surface area contributed by atoms with Gasteiger partial charge in [0.2, 0.25) is 0 Å². The third-order valence-corrected chi connectivity index (χ3v) is 2.54. The van der Waals surface area contributed by atoms with Crippen molar-refractivity contribution in [2.45, 2.75) is 62.0 Å². The second kappa shape index (κ2) is 29.3. The average molecular weight is 420 g/mol. The summed E-state index contributed by atoms with van der Waals surface area (Å²) < 4.78 is 0.709. The predicted molar refractivity (Wildman–Crippen MR) is 90.4 cm³/mol. The molecule has 0 aliphatic rings. The van der Waals surface area contributed by atoms with Crippen molar-refractivity contribution in [2.75, 3.05) is 0 Å². The number of alkyl halides is 2. The molecule has 4 radical (unpaired) electrons. The van der Waals surface area contributed by atoms with Gasteiger partial charge in [-0.05, 0) is 7.65 Å². The fourth-order valence-corrected chi connectivity index (χ4v) is 0. The summed E-state index contributed by atoms with van der Waals surface area (Å²) in [6.07, 6.45) is 2.14. The normalized spacial score (nSPS) is 11.4. The lowest BCUT2D eigenvalue weighted by Crippen LogP contribution is -1.88. The lowest BCUT2D eigenvalue weighted by Gasteiger charge is -1.88. The molecular formula is C10H24B2I2. The van der Waals surface area contributed by atoms with E-state index in [9.17, 15) is 0 Å². The molecule has 84 valence electrons. The topological polar surface area (TPSA) is 0 Å². The third-order valence-electron chi connectivity index (χ3n) is 0.780. The molecule has 0 heterocycles. The highest BCUT2D eigenvalue weighted by Gasteiger charge is 1.82. The molecule has 0 amide bonds. The Labute approximate surface area is 122 Å². The van der Waals surface area contributed by atoms with E-state index in [0.29, 0.717) is 7.65 Å². The van der Waals surface area contributed by atoms with Crippen molar-refractivity contribution in [3.63, 3.8) is 0 Å². The maximum atomic E-state index is 5.28. The van der Waals surface area contributed by atoms with Crippen molar-refractivity contribution in [1.82, 2.24) is 0 Å². The van der Waals surface area contributed by atoms with Crippen LogP contribution in [0.2, 0.25) is 0 Å². The molecule has 0 saturated carbocycles. The second-order valence-electron chi connectivity index (χ2n) is 1.85. The van der Waals surface area contributed by atoms with Gasteiger partial charge in [-0.15, -0.1) is 0 Å². The van der Waals surface area contributed by atoms with Crippen LogP contribution in [-0.4, -0.2) is 23.3 Å². The molecule has 0 aliphatic heterocycles. The third kappa shape index (κ3) is 68.9. The van der Waals surface area contributed by atoms with Gasteiger partial charge in [-0.3, -0.25) is 0 Å². The van der Waals surface area contributed by atoms with Crippen molar-refractivity contribution in [1.29, 1.82) is 0 Å². The summed E-state index contributed by atoms with van der Waals surface area (Å²) >= 11 is 4.37. The highest BCUT2D eigenvalue weighted by molar-refractivity contribution is 14.1. The molecule has 0 bridgehead atoms. The quantitative estimate of drug-likeness (QED) is 0.346. The molecule has 0 nitrogen and oxygen atoms in total. The van der Waals surface area contributed by atoms with Gasteiger partial charge in [0.25, 0.3) is 0 Å². The van der Waals surface area contributed by atoms with Crippen LogP contribution in [-0.2, 0) is 0 Å². The van der Waals surface area contributed by atoms with Crippen molar-refractivity contribution >= 4 is 60.9 Å².